The van der Waals surface area contributed by atoms with E-state index in [-0.39, 0.29) is 25.2 Å². The summed E-state index contributed by atoms with van der Waals surface area (Å²) in [5.41, 5.74) is 11.3. The number of hydrogen-bond donors (Lipinski definition) is 0. The van der Waals surface area contributed by atoms with Crippen molar-refractivity contribution < 1.29 is 56.8 Å². The summed E-state index contributed by atoms with van der Waals surface area (Å²) in [6, 6.07) is 107. The number of fused-ring (bicyclic) bond motifs is 7. The number of aryl methyl sites for hydroxylation is 1. The van der Waals surface area contributed by atoms with Gasteiger partial charge in [0.1, 0.15) is 53.5 Å². The summed E-state index contributed by atoms with van der Waals surface area (Å²) in [6.07, 6.45) is 16.2. The smallest absolute Gasteiger partial charge is 0.204 e. The first-order valence-electron chi connectivity index (χ1n) is 53.0. The third-order valence-corrected chi connectivity index (χ3v) is 29.9. The molecule has 4 saturated carbocycles. The zero-order chi connectivity index (χ0) is 99.5. The highest BCUT2D eigenvalue weighted by Crippen LogP contribution is 2.60. The number of benzene rings is 15. The zero-order valence-corrected chi connectivity index (χ0v) is 87.2. The molecule has 0 amide bonds. The standard InChI is InChI=1S/C31H38O2.C28H30O3.C27H28O2.C24H32O2.C20H26O3/c1-4-20(2)29-25-9-5-7-11-27(25)30(28-12-8-6-10-26(28)29)33-21(3)32-19-31-16-22-13-23(17-31)15-24(14-22)18-31;1-4-20(2)23-13-8-15-26-25(23)14-9-17-28(26)31-21(3)29-18-19-30-27-16-7-11-22-10-5-6-12-24(22)27;1-4-19(2)21-12-9-13-24(17-21)29-20(3)28-18-27-25-14-7-5-10-22(25)16-23-11-6-8-15-26(23)27;1-18-16-21-13-14-22(17-23(21)19(18)2)26-24(3,4)25-15-9-8-12-20-10-6-5-7-11-20;1-4-16(2)18-9-8-12-20(15-18)23-17(3)21-13-14-22-19-10-6-5-7-11-19/h5-12,20-24H,4,13-19H2,1-3H3;5-17,20-21H,4,18-19H2,1-3H3;5-17,19-20H,4,18H2,1-3H3;5-7,10-11,13-14,17-19H,8-9,12,15-16H2,1-4H3;5-12,15-17H,4,13-14H2,1-3H3. The van der Waals surface area contributed by atoms with Gasteiger partial charge in [0.15, 0.2) is 25.2 Å². The predicted molar refractivity (Wildman–Crippen MR) is 587 cm³/mol. The molecular formula is C130H154O12. The Morgan fingerprint density at radius 2 is 0.824 bits per heavy atom. The van der Waals surface area contributed by atoms with E-state index in [9.17, 15) is 0 Å². The molecular weight excluding hydrogens is 1750 g/mol. The van der Waals surface area contributed by atoms with Crippen molar-refractivity contribution in [2.24, 2.45) is 29.1 Å². The van der Waals surface area contributed by atoms with Gasteiger partial charge in [-0.3, -0.25) is 0 Å². The first-order valence-corrected chi connectivity index (χ1v) is 53.0. The minimum atomic E-state index is -0.603. The van der Waals surface area contributed by atoms with Crippen LogP contribution in [0, 0.1) is 29.1 Å². The van der Waals surface area contributed by atoms with Gasteiger partial charge < -0.3 is 56.8 Å². The molecule has 0 N–H and O–H groups in total. The van der Waals surface area contributed by atoms with Crippen molar-refractivity contribution in [1.29, 1.82) is 0 Å². The van der Waals surface area contributed by atoms with Crippen LogP contribution < -0.4 is 33.2 Å². The number of hydrogen-bond acceptors (Lipinski definition) is 12. The van der Waals surface area contributed by atoms with E-state index in [0.29, 0.717) is 74.0 Å². The van der Waals surface area contributed by atoms with E-state index in [1.807, 2.05) is 113 Å². The molecule has 5 aliphatic carbocycles. The normalized spacial score (nSPS) is 18.4. The van der Waals surface area contributed by atoms with Gasteiger partial charge >= 0.3 is 0 Å². The Kier molecular flexibility index (Phi) is 37.5. The van der Waals surface area contributed by atoms with E-state index >= 15 is 0 Å². The van der Waals surface area contributed by atoms with Gasteiger partial charge in [0.2, 0.25) is 5.79 Å². The van der Waals surface area contributed by atoms with Crippen LogP contribution in [0.15, 0.2) is 309 Å². The van der Waals surface area contributed by atoms with Crippen molar-refractivity contribution in [2.75, 3.05) is 39.6 Å². The van der Waals surface area contributed by atoms with Crippen LogP contribution in [-0.2, 0) is 43.1 Å². The summed E-state index contributed by atoms with van der Waals surface area (Å²) in [5, 5.41) is 14.6. The molecule has 0 aliphatic heterocycles. The quantitative estimate of drug-likeness (QED) is 0.0207. The molecule has 142 heavy (non-hydrogen) atoms. The third kappa shape index (κ3) is 28.0. The average molecular weight is 1910 g/mol. The van der Waals surface area contributed by atoms with Crippen molar-refractivity contribution in [1.82, 2.24) is 0 Å². The monoisotopic (exact) mass is 1910 g/mol. The van der Waals surface area contributed by atoms with Crippen molar-refractivity contribution in [3.8, 4) is 40.2 Å². The Morgan fingerprint density at radius 3 is 1.42 bits per heavy atom. The lowest BCUT2D eigenvalue weighted by Gasteiger charge is -2.56. The second-order valence-corrected chi connectivity index (χ2v) is 40.8. The van der Waals surface area contributed by atoms with E-state index in [2.05, 4.69) is 307 Å². The van der Waals surface area contributed by atoms with Crippen LogP contribution in [0.5, 0.6) is 40.2 Å². The molecule has 0 aromatic heterocycles. The van der Waals surface area contributed by atoms with Crippen LogP contribution in [0.1, 0.15) is 262 Å². The maximum absolute atomic E-state index is 6.65. The van der Waals surface area contributed by atoms with Crippen molar-refractivity contribution in [2.45, 2.75) is 268 Å². The van der Waals surface area contributed by atoms with Gasteiger partial charge in [-0.1, -0.05) is 312 Å². The third-order valence-electron chi connectivity index (χ3n) is 29.9. The largest absolute Gasteiger partial charge is 0.491 e. The SMILES string of the molecule is CC1Cc2ccc(OC(C)(C)OCCCCc3ccccc3)cc2C1C.CCC(C)c1c2ccccc2c(OC(C)OCC23CC4CC(CC(C4)C2)C3)c2ccccc12.CCC(C)c1cccc(OC(C)OCCOc2ccccc2)c1.CCC(C)c1cccc(OC(C)OCc2c3ccccc3cc3ccccc23)c1.CCC(C)c1cccc2c(OC(C)OCCOc3cccc4ccccc34)cccc12. The second kappa shape index (κ2) is 51.0. The minimum absolute atomic E-state index is 0.251. The zero-order valence-electron chi connectivity index (χ0n) is 87.2. The van der Waals surface area contributed by atoms with Gasteiger partial charge in [0.05, 0.1) is 33.0 Å². The second-order valence-electron chi connectivity index (χ2n) is 40.8. The molecule has 20 rings (SSSR count). The Balaban J connectivity index is 0.000000135. The lowest BCUT2D eigenvalue weighted by Crippen LogP contribution is -2.48. The fourth-order valence-electron chi connectivity index (χ4n) is 21.8. The maximum atomic E-state index is 6.65. The molecule has 0 saturated heterocycles. The van der Waals surface area contributed by atoms with Crippen molar-refractivity contribution in [3.05, 3.63) is 354 Å². The molecule has 4 fully saturated rings. The molecule has 12 heteroatoms. The van der Waals surface area contributed by atoms with Gasteiger partial charge in [-0.25, -0.2) is 0 Å². The Bertz CT molecular complexity index is 6330. The number of unbranched alkanes of at least 4 members (excludes halogenated alkanes) is 1. The molecule has 0 spiro atoms. The molecule has 15 aromatic carbocycles. The highest BCUT2D eigenvalue weighted by molar-refractivity contribution is 6.09. The summed E-state index contributed by atoms with van der Waals surface area (Å²) in [5.74, 6) is 11.8. The predicted octanol–water partition coefficient (Wildman–Crippen LogP) is 34.4. The molecule has 0 heterocycles. The van der Waals surface area contributed by atoms with E-state index in [1.165, 1.54) is 143 Å². The molecule has 10 unspecified atom stereocenters. The highest BCUT2D eigenvalue weighted by atomic mass is 16.7. The van der Waals surface area contributed by atoms with E-state index in [4.69, 9.17) is 56.8 Å². The summed E-state index contributed by atoms with van der Waals surface area (Å²) < 4.78 is 72.6. The van der Waals surface area contributed by atoms with Crippen LogP contribution in [0.25, 0.3) is 64.6 Å². The number of rotatable bonds is 40. The topological polar surface area (TPSA) is 111 Å². The summed E-state index contributed by atoms with van der Waals surface area (Å²) >= 11 is 0. The van der Waals surface area contributed by atoms with Crippen LogP contribution in [0.2, 0.25) is 0 Å². The fourth-order valence-corrected chi connectivity index (χ4v) is 21.8. The Morgan fingerprint density at radius 1 is 0.352 bits per heavy atom. The van der Waals surface area contributed by atoms with Crippen LogP contribution >= 0.6 is 0 Å². The maximum Gasteiger partial charge on any atom is 0.204 e. The molecule has 15 aromatic rings. The molecule has 0 radical (unpaired) electrons. The summed E-state index contributed by atoms with van der Waals surface area (Å²) in [7, 11) is 0. The number of ether oxygens (including phenoxy) is 12. The first kappa shape index (κ1) is 105. The molecule has 4 bridgehead atoms. The molecule has 5 aliphatic rings. The van der Waals surface area contributed by atoms with E-state index in [0.717, 1.165) is 127 Å². The Labute approximate surface area is 846 Å². The van der Waals surface area contributed by atoms with Gasteiger partial charge in [-0.15, -0.1) is 0 Å². The van der Waals surface area contributed by atoms with Gasteiger partial charge in [-0.2, -0.15) is 0 Å². The Hall–Kier alpha value is -11.7. The first-order chi connectivity index (χ1) is 69.0. The molecule has 12 nitrogen and oxygen atoms in total. The van der Waals surface area contributed by atoms with E-state index < -0.39 is 5.79 Å². The molecule has 746 valence electrons. The van der Waals surface area contributed by atoms with Gasteiger partial charge in [0.25, 0.3) is 0 Å². The van der Waals surface area contributed by atoms with Crippen LogP contribution in [0.4, 0.5) is 0 Å². The van der Waals surface area contributed by atoms with Crippen molar-refractivity contribution >= 4 is 64.6 Å². The van der Waals surface area contributed by atoms with Gasteiger partial charge in [0, 0.05) is 35.4 Å². The average Bonchev–Trinajstić information content (AvgIpc) is 1.05. The molecule has 10 atom stereocenters. The lowest BCUT2D eigenvalue weighted by molar-refractivity contribution is -0.156. The fraction of sp³-hybridized carbons (Fsp3) is 0.400. The minimum Gasteiger partial charge on any atom is -0.491 e. The van der Waals surface area contributed by atoms with Crippen LogP contribution in [0.3, 0.4) is 0 Å². The summed E-state index contributed by atoms with van der Waals surface area (Å²) in [6.45, 7) is 38.5. The van der Waals surface area contributed by atoms with Gasteiger partial charge in [-0.05, 0) is 331 Å². The lowest BCUT2D eigenvalue weighted by atomic mass is 9.50. The van der Waals surface area contributed by atoms with Crippen molar-refractivity contribution in [3.63, 3.8) is 0 Å². The highest BCUT2D eigenvalue weighted by Gasteiger charge is 2.51. The summed E-state index contributed by atoms with van der Waals surface area (Å²) in [4.78, 5) is 0. The number of para-hydroxylation sites is 1. The van der Waals surface area contributed by atoms with E-state index in [1.54, 1.807) is 0 Å². The van der Waals surface area contributed by atoms with Crippen LogP contribution in [-0.4, -0.2) is 70.6 Å².